The van der Waals surface area contributed by atoms with Crippen molar-refractivity contribution < 1.29 is 18.4 Å². The molecule has 2 aromatic rings. The molecule has 0 aromatic carbocycles. The number of hydrogen-bond donors (Lipinski definition) is 1. The SMILES string of the molecule is Cc1cc(NCc2ccc(OC(F)F)cn2)ncc1[N+](=O)[O-]. The zero-order valence-electron chi connectivity index (χ0n) is 11.5. The van der Waals surface area contributed by atoms with E-state index in [2.05, 4.69) is 20.0 Å². The minimum atomic E-state index is -2.89. The molecule has 116 valence electrons. The van der Waals surface area contributed by atoms with Crippen molar-refractivity contribution in [2.24, 2.45) is 0 Å². The first-order valence-electron chi connectivity index (χ1n) is 6.20. The number of alkyl halides is 2. The molecular weight excluding hydrogens is 298 g/mol. The summed E-state index contributed by atoms with van der Waals surface area (Å²) in [6.07, 6.45) is 2.36. The van der Waals surface area contributed by atoms with Gasteiger partial charge in [-0.05, 0) is 25.1 Å². The van der Waals surface area contributed by atoms with E-state index in [1.165, 1.54) is 24.5 Å². The van der Waals surface area contributed by atoms with E-state index in [1.54, 1.807) is 13.0 Å². The molecule has 7 nitrogen and oxygen atoms in total. The Hall–Kier alpha value is -2.84. The van der Waals surface area contributed by atoms with E-state index in [1.807, 2.05) is 0 Å². The molecule has 1 N–H and O–H groups in total. The summed E-state index contributed by atoms with van der Waals surface area (Å²) in [7, 11) is 0. The summed E-state index contributed by atoms with van der Waals surface area (Å²) >= 11 is 0. The first kappa shape index (κ1) is 15.5. The zero-order valence-corrected chi connectivity index (χ0v) is 11.5. The summed E-state index contributed by atoms with van der Waals surface area (Å²) in [5.41, 5.74) is 1.01. The third-order valence-corrected chi connectivity index (χ3v) is 2.75. The molecule has 0 aliphatic rings. The molecule has 0 fully saturated rings. The van der Waals surface area contributed by atoms with Gasteiger partial charge in [0, 0.05) is 5.56 Å². The van der Waals surface area contributed by atoms with Gasteiger partial charge in [0.2, 0.25) is 0 Å². The van der Waals surface area contributed by atoms with Gasteiger partial charge in [0.25, 0.3) is 5.69 Å². The second-order valence-corrected chi connectivity index (χ2v) is 4.33. The number of aromatic nitrogens is 2. The van der Waals surface area contributed by atoms with Crippen LogP contribution < -0.4 is 10.1 Å². The first-order chi connectivity index (χ1) is 10.5. The maximum Gasteiger partial charge on any atom is 0.387 e. The molecule has 22 heavy (non-hydrogen) atoms. The Bertz CT molecular complexity index is 665. The van der Waals surface area contributed by atoms with Crippen LogP contribution in [0, 0.1) is 17.0 Å². The van der Waals surface area contributed by atoms with E-state index in [-0.39, 0.29) is 11.4 Å². The van der Waals surface area contributed by atoms with Gasteiger partial charge >= 0.3 is 6.61 Å². The number of halogens is 2. The highest BCUT2D eigenvalue weighted by Gasteiger charge is 2.11. The largest absolute Gasteiger partial charge is 0.433 e. The topological polar surface area (TPSA) is 90.2 Å². The van der Waals surface area contributed by atoms with Crippen LogP contribution in [0.25, 0.3) is 0 Å². The monoisotopic (exact) mass is 310 g/mol. The van der Waals surface area contributed by atoms with Gasteiger partial charge in [0.05, 0.1) is 23.4 Å². The first-order valence-corrected chi connectivity index (χ1v) is 6.20. The van der Waals surface area contributed by atoms with Crippen molar-refractivity contribution in [3.63, 3.8) is 0 Å². The molecule has 0 bridgehead atoms. The highest BCUT2D eigenvalue weighted by Crippen LogP contribution is 2.19. The lowest BCUT2D eigenvalue weighted by Gasteiger charge is -2.07. The Morgan fingerprint density at radius 2 is 2.14 bits per heavy atom. The van der Waals surface area contributed by atoms with Crippen LogP contribution in [0.3, 0.4) is 0 Å². The van der Waals surface area contributed by atoms with Gasteiger partial charge in [0.15, 0.2) is 0 Å². The number of anilines is 1. The summed E-state index contributed by atoms with van der Waals surface area (Å²) in [6, 6.07) is 4.46. The average molecular weight is 310 g/mol. The van der Waals surface area contributed by atoms with E-state index >= 15 is 0 Å². The van der Waals surface area contributed by atoms with Gasteiger partial charge < -0.3 is 10.1 Å². The highest BCUT2D eigenvalue weighted by atomic mass is 19.3. The second kappa shape index (κ2) is 6.74. The van der Waals surface area contributed by atoms with Gasteiger partial charge in [-0.25, -0.2) is 4.98 Å². The van der Waals surface area contributed by atoms with Gasteiger partial charge in [-0.15, -0.1) is 0 Å². The summed E-state index contributed by atoms with van der Waals surface area (Å²) in [5, 5.41) is 13.6. The van der Waals surface area contributed by atoms with Crippen LogP contribution in [0.4, 0.5) is 20.3 Å². The van der Waals surface area contributed by atoms with Crippen LogP contribution >= 0.6 is 0 Å². The van der Waals surface area contributed by atoms with E-state index < -0.39 is 11.5 Å². The van der Waals surface area contributed by atoms with Crippen molar-refractivity contribution in [2.45, 2.75) is 20.1 Å². The van der Waals surface area contributed by atoms with Crippen molar-refractivity contribution in [1.82, 2.24) is 9.97 Å². The molecule has 0 saturated heterocycles. The zero-order chi connectivity index (χ0) is 16.1. The number of ether oxygens (including phenoxy) is 1. The molecule has 0 atom stereocenters. The number of hydrogen-bond acceptors (Lipinski definition) is 6. The molecule has 9 heteroatoms. The molecule has 0 aliphatic carbocycles. The standard InChI is InChI=1S/C13H12F2N4O3/c1-8-4-12(18-7-11(8)19(20)21)17-5-9-2-3-10(6-16-9)22-13(14)15/h2-4,6-7,13H,5H2,1H3,(H,17,18). The Morgan fingerprint density at radius 3 is 2.68 bits per heavy atom. The minimum absolute atomic E-state index is 0.0249. The lowest BCUT2D eigenvalue weighted by atomic mass is 10.2. The second-order valence-electron chi connectivity index (χ2n) is 4.33. The molecule has 2 aromatic heterocycles. The smallest absolute Gasteiger partial charge is 0.387 e. The number of nitrogens with one attached hydrogen (secondary N) is 1. The fourth-order valence-corrected chi connectivity index (χ4v) is 1.71. The van der Waals surface area contributed by atoms with E-state index in [0.717, 1.165) is 0 Å². The summed E-state index contributed by atoms with van der Waals surface area (Å²) in [4.78, 5) is 18.1. The fourth-order valence-electron chi connectivity index (χ4n) is 1.71. The predicted octanol–water partition coefficient (Wildman–Crippen LogP) is 2.91. The Kier molecular flexibility index (Phi) is 4.77. The predicted molar refractivity (Wildman–Crippen MR) is 73.8 cm³/mol. The number of rotatable bonds is 6. The molecule has 0 amide bonds. The quantitative estimate of drug-likeness (QED) is 0.651. The molecule has 0 radical (unpaired) electrons. The van der Waals surface area contributed by atoms with Crippen LogP contribution in [0.2, 0.25) is 0 Å². The maximum absolute atomic E-state index is 12.0. The molecule has 0 spiro atoms. The number of pyridine rings is 2. The van der Waals surface area contributed by atoms with Crippen molar-refractivity contribution in [1.29, 1.82) is 0 Å². The number of aryl methyl sites for hydroxylation is 1. The van der Waals surface area contributed by atoms with Gasteiger partial charge in [0.1, 0.15) is 17.8 Å². The third kappa shape index (κ3) is 4.08. The normalized spacial score (nSPS) is 10.5. The summed E-state index contributed by atoms with van der Waals surface area (Å²) in [5.74, 6) is 0.431. The van der Waals surface area contributed by atoms with E-state index in [0.29, 0.717) is 23.6 Å². The maximum atomic E-state index is 12.0. The van der Waals surface area contributed by atoms with Gasteiger partial charge in [-0.1, -0.05) is 0 Å². The van der Waals surface area contributed by atoms with Crippen molar-refractivity contribution >= 4 is 11.5 Å². The number of nitrogens with zero attached hydrogens (tertiary/aromatic N) is 3. The molecule has 0 aliphatic heterocycles. The van der Waals surface area contributed by atoms with Crippen LogP contribution in [0.5, 0.6) is 5.75 Å². The molecule has 2 rings (SSSR count). The summed E-state index contributed by atoms with van der Waals surface area (Å²) in [6.45, 7) is -0.989. The average Bonchev–Trinajstić information content (AvgIpc) is 2.45. The number of nitro groups is 1. The van der Waals surface area contributed by atoms with Crippen molar-refractivity contribution in [3.8, 4) is 5.75 Å². The Balaban J connectivity index is 1.98. The molecule has 2 heterocycles. The van der Waals surface area contributed by atoms with E-state index in [4.69, 9.17) is 0 Å². The molecular formula is C13H12F2N4O3. The minimum Gasteiger partial charge on any atom is -0.433 e. The summed E-state index contributed by atoms with van der Waals surface area (Å²) < 4.78 is 28.2. The highest BCUT2D eigenvalue weighted by molar-refractivity contribution is 5.46. The van der Waals surface area contributed by atoms with Crippen LogP contribution in [0.1, 0.15) is 11.3 Å². The van der Waals surface area contributed by atoms with Crippen molar-refractivity contribution in [2.75, 3.05) is 5.32 Å². The Labute approximate surface area is 124 Å². The van der Waals surface area contributed by atoms with E-state index in [9.17, 15) is 18.9 Å². The molecule has 0 saturated carbocycles. The third-order valence-electron chi connectivity index (χ3n) is 2.75. The lowest BCUT2D eigenvalue weighted by molar-refractivity contribution is -0.385. The van der Waals surface area contributed by atoms with Crippen LogP contribution in [-0.2, 0) is 6.54 Å². The van der Waals surface area contributed by atoms with Gasteiger partial charge in [-0.2, -0.15) is 8.78 Å². The van der Waals surface area contributed by atoms with Gasteiger partial charge in [-0.3, -0.25) is 15.1 Å². The fraction of sp³-hybridized carbons (Fsp3) is 0.231. The molecule has 0 unspecified atom stereocenters. The Morgan fingerprint density at radius 1 is 1.36 bits per heavy atom. The van der Waals surface area contributed by atoms with Crippen LogP contribution in [-0.4, -0.2) is 21.5 Å². The lowest BCUT2D eigenvalue weighted by Crippen LogP contribution is -2.05. The van der Waals surface area contributed by atoms with Crippen molar-refractivity contribution in [3.05, 3.63) is 52.0 Å². The van der Waals surface area contributed by atoms with Crippen LogP contribution in [0.15, 0.2) is 30.6 Å².